The number of carbonyl (C=O) groups is 1. The zero-order valence-corrected chi connectivity index (χ0v) is 17.9. The van der Waals surface area contributed by atoms with Crippen molar-refractivity contribution in [2.45, 2.75) is 23.2 Å². The highest BCUT2D eigenvalue weighted by Crippen LogP contribution is 2.36. The molecule has 4 rings (SSSR count). The van der Waals surface area contributed by atoms with Gasteiger partial charge in [-0.2, -0.15) is 0 Å². The predicted molar refractivity (Wildman–Crippen MR) is 125 cm³/mol. The molecular formula is C25H24N4OS. The molecule has 0 spiro atoms. The van der Waals surface area contributed by atoms with Crippen LogP contribution in [0.5, 0.6) is 0 Å². The fraction of sp³-hybridized carbons (Fsp3) is 0.160. The number of aromatic nitrogens is 3. The molecule has 0 aliphatic carbocycles. The first-order valence-corrected chi connectivity index (χ1v) is 11.2. The molecule has 0 bridgehead atoms. The fourth-order valence-electron chi connectivity index (χ4n) is 3.28. The van der Waals surface area contributed by atoms with E-state index in [-0.39, 0.29) is 11.2 Å². The molecule has 156 valence electrons. The highest BCUT2D eigenvalue weighted by Gasteiger charge is 2.20. The third-order valence-electron chi connectivity index (χ3n) is 4.88. The van der Waals surface area contributed by atoms with Crippen molar-refractivity contribution in [1.29, 1.82) is 0 Å². The number of thioether (sulfide) groups is 1. The van der Waals surface area contributed by atoms with E-state index >= 15 is 0 Å². The lowest BCUT2D eigenvalue weighted by atomic mass is 10.1. The predicted octanol–water partition coefficient (Wildman–Crippen LogP) is 5.05. The smallest absolute Gasteiger partial charge is 0.221 e. The van der Waals surface area contributed by atoms with Crippen LogP contribution in [0.25, 0.3) is 11.4 Å². The quantitative estimate of drug-likeness (QED) is 0.366. The van der Waals surface area contributed by atoms with E-state index in [1.165, 1.54) is 17.3 Å². The number of nitrogens with one attached hydrogen (secondary N) is 2. The van der Waals surface area contributed by atoms with E-state index in [4.69, 9.17) is 0 Å². The van der Waals surface area contributed by atoms with Crippen LogP contribution in [0.3, 0.4) is 0 Å². The van der Waals surface area contributed by atoms with Gasteiger partial charge in [-0.3, -0.25) is 9.89 Å². The average Bonchev–Trinajstić information content (AvgIpc) is 3.29. The Hall–Kier alpha value is -3.38. The van der Waals surface area contributed by atoms with E-state index in [0.717, 1.165) is 23.4 Å². The zero-order valence-electron chi connectivity index (χ0n) is 17.1. The maximum absolute atomic E-state index is 12.7. The fourth-order valence-corrected chi connectivity index (χ4v) is 4.30. The number of amides is 1. The maximum Gasteiger partial charge on any atom is 0.221 e. The van der Waals surface area contributed by atoms with Crippen LogP contribution in [0.15, 0.2) is 96.2 Å². The van der Waals surface area contributed by atoms with Crippen LogP contribution in [0.4, 0.5) is 0 Å². The van der Waals surface area contributed by atoms with Crippen molar-refractivity contribution in [2.24, 2.45) is 0 Å². The van der Waals surface area contributed by atoms with Crippen molar-refractivity contribution >= 4 is 17.7 Å². The lowest BCUT2D eigenvalue weighted by Gasteiger charge is -2.15. The molecule has 1 atom stereocenters. The van der Waals surface area contributed by atoms with Crippen LogP contribution < -0.4 is 5.32 Å². The Bertz CT molecular complexity index is 1080. The Balaban J connectivity index is 1.40. The third kappa shape index (κ3) is 6.06. The number of nitrogens with zero attached hydrogens (tertiary/aromatic N) is 2. The van der Waals surface area contributed by atoms with Crippen molar-refractivity contribution in [3.8, 4) is 11.4 Å². The van der Waals surface area contributed by atoms with Gasteiger partial charge >= 0.3 is 0 Å². The Kier molecular flexibility index (Phi) is 7.13. The number of aromatic amines is 1. The minimum absolute atomic E-state index is 0.0242. The first-order valence-electron chi connectivity index (χ1n) is 10.3. The first-order chi connectivity index (χ1) is 15.3. The Morgan fingerprint density at radius 3 is 2.26 bits per heavy atom. The molecule has 0 saturated carbocycles. The molecular weight excluding hydrogens is 404 g/mol. The zero-order chi connectivity index (χ0) is 21.3. The topological polar surface area (TPSA) is 70.7 Å². The van der Waals surface area contributed by atoms with E-state index < -0.39 is 0 Å². The van der Waals surface area contributed by atoms with Crippen LogP contribution in [0.2, 0.25) is 0 Å². The molecule has 6 heteroatoms. The maximum atomic E-state index is 12.7. The molecule has 31 heavy (non-hydrogen) atoms. The molecule has 0 saturated heterocycles. The second-order valence-electron chi connectivity index (χ2n) is 7.14. The summed E-state index contributed by atoms with van der Waals surface area (Å²) in [6.07, 6.45) is 1.18. The number of H-pyrrole nitrogens is 1. The summed E-state index contributed by atoms with van der Waals surface area (Å²) in [4.78, 5) is 17.3. The summed E-state index contributed by atoms with van der Waals surface area (Å²) < 4.78 is 0. The molecule has 3 aromatic carbocycles. The van der Waals surface area contributed by atoms with Crippen molar-refractivity contribution in [1.82, 2.24) is 20.5 Å². The van der Waals surface area contributed by atoms with E-state index in [0.29, 0.717) is 18.1 Å². The van der Waals surface area contributed by atoms with E-state index in [1.807, 2.05) is 78.9 Å². The third-order valence-corrected chi connectivity index (χ3v) is 6.00. The van der Waals surface area contributed by atoms with E-state index in [1.54, 1.807) is 0 Å². The van der Waals surface area contributed by atoms with Crippen LogP contribution >= 0.6 is 11.8 Å². The normalized spacial score (nSPS) is 11.7. The van der Waals surface area contributed by atoms with Crippen molar-refractivity contribution in [2.75, 3.05) is 6.54 Å². The molecule has 1 aromatic heterocycles. The highest BCUT2D eigenvalue weighted by molar-refractivity contribution is 7.99. The largest absolute Gasteiger partial charge is 0.356 e. The van der Waals surface area contributed by atoms with Crippen LogP contribution in [-0.4, -0.2) is 27.6 Å². The molecule has 0 fully saturated rings. The second kappa shape index (κ2) is 10.6. The first kappa shape index (κ1) is 20.9. The Morgan fingerprint density at radius 2 is 1.55 bits per heavy atom. The average molecular weight is 429 g/mol. The summed E-state index contributed by atoms with van der Waals surface area (Å²) in [5.74, 6) is 0.748. The number of benzene rings is 3. The van der Waals surface area contributed by atoms with Crippen molar-refractivity contribution in [3.63, 3.8) is 0 Å². The molecule has 2 N–H and O–H groups in total. The Labute approximate surface area is 186 Å². The van der Waals surface area contributed by atoms with E-state index in [2.05, 4.69) is 32.6 Å². The van der Waals surface area contributed by atoms with Gasteiger partial charge in [-0.1, -0.05) is 103 Å². The standard InChI is InChI=1S/C25H24N4OS/c30-23(26-17-16-19-10-4-1-5-11-19)18-22(20-12-6-2-7-13-20)31-25-27-24(28-29-25)21-14-8-3-9-15-21/h1-15,22H,16-18H2,(H,26,30)(H,27,28,29)/t22-/m1/s1. The molecule has 0 aliphatic heterocycles. The van der Waals surface area contributed by atoms with Gasteiger partial charge in [-0.15, -0.1) is 5.10 Å². The summed E-state index contributed by atoms with van der Waals surface area (Å²) in [5, 5.41) is 11.0. The summed E-state index contributed by atoms with van der Waals surface area (Å²) in [6, 6.07) is 30.1. The monoisotopic (exact) mass is 428 g/mol. The van der Waals surface area contributed by atoms with E-state index in [9.17, 15) is 4.79 Å². The number of hydrogen-bond donors (Lipinski definition) is 2. The molecule has 1 heterocycles. The lowest BCUT2D eigenvalue weighted by molar-refractivity contribution is -0.121. The number of rotatable bonds is 9. The van der Waals surface area contributed by atoms with Crippen LogP contribution in [0, 0.1) is 0 Å². The SMILES string of the molecule is O=C(C[C@@H](Sc1n[nH]c(-c2ccccc2)n1)c1ccccc1)NCCc1ccccc1. The molecule has 0 aliphatic rings. The van der Waals surface area contributed by atoms with Gasteiger partial charge in [-0.05, 0) is 17.5 Å². The van der Waals surface area contributed by atoms with Gasteiger partial charge in [0.2, 0.25) is 11.1 Å². The van der Waals surface area contributed by atoms with Gasteiger partial charge in [0.05, 0.1) is 0 Å². The van der Waals surface area contributed by atoms with Crippen molar-refractivity contribution in [3.05, 3.63) is 102 Å². The second-order valence-corrected chi connectivity index (χ2v) is 8.31. The summed E-state index contributed by atoms with van der Waals surface area (Å²) in [5.41, 5.74) is 3.28. The lowest BCUT2D eigenvalue weighted by Crippen LogP contribution is -2.26. The number of hydrogen-bond acceptors (Lipinski definition) is 4. The molecule has 4 aromatic rings. The van der Waals surface area contributed by atoms with Gasteiger partial charge in [-0.25, -0.2) is 4.98 Å². The molecule has 0 radical (unpaired) electrons. The van der Waals surface area contributed by atoms with Gasteiger partial charge in [0, 0.05) is 23.8 Å². The van der Waals surface area contributed by atoms with Crippen LogP contribution in [0.1, 0.15) is 22.8 Å². The van der Waals surface area contributed by atoms with Gasteiger partial charge in [0.25, 0.3) is 0 Å². The highest BCUT2D eigenvalue weighted by atomic mass is 32.2. The molecule has 5 nitrogen and oxygen atoms in total. The van der Waals surface area contributed by atoms with Crippen LogP contribution in [-0.2, 0) is 11.2 Å². The van der Waals surface area contributed by atoms with Crippen molar-refractivity contribution < 1.29 is 4.79 Å². The summed E-state index contributed by atoms with van der Waals surface area (Å²) >= 11 is 1.50. The van der Waals surface area contributed by atoms with Gasteiger partial charge in [0.1, 0.15) is 0 Å². The minimum Gasteiger partial charge on any atom is -0.356 e. The van der Waals surface area contributed by atoms with Gasteiger partial charge < -0.3 is 5.32 Å². The number of carbonyl (C=O) groups excluding carboxylic acids is 1. The minimum atomic E-state index is -0.0719. The summed E-state index contributed by atoms with van der Waals surface area (Å²) in [7, 11) is 0. The Morgan fingerprint density at radius 1 is 0.903 bits per heavy atom. The summed E-state index contributed by atoms with van der Waals surface area (Å²) in [6.45, 7) is 0.619. The molecule has 0 unspecified atom stereocenters. The van der Waals surface area contributed by atoms with Gasteiger partial charge in [0.15, 0.2) is 5.82 Å². The molecule has 1 amide bonds.